The van der Waals surface area contributed by atoms with Gasteiger partial charge in [-0.25, -0.2) is 0 Å². The molecule has 0 atom stereocenters. The molecule has 0 saturated carbocycles. The van der Waals surface area contributed by atoms with E-state index >= 15 is 0 Å². The summed E-state index contributed by atoms with van der Waals surface area (Å²) in [5, 5.41) is 10.2. The molecule has 2 radical (unpaired) electrons. The van der Waals surface area contributed by atoms with Gasteiger partial charge in [0, 0.05) is 14.1 Å². The van der Waals surface area contributed by atoms with Crippen molar-refractivity contribution in [3.8, 4) is 0 Å². The third-order valence-electron chi connectivity index (χ3n) is 0.935. The number of nitrogens with zero attached hydrogens (tertiary/aromatic N) is 3. The molecule has 0 bridgehead atoms. The van der Waals surface area contributed by atoms with E-state index in [0.717, 1.165) is 5.95 Å². The molecule has 1 aromatic rings. The van der Waals surface area contributed by atoms with Crippen molar-refractivity contribution in [3.63, 3.8) is 0 Å². The Balaban J connectivity index is 0. The molecular weight excluding hydrogens is 227 g/mol. The maximum atomic E-state index is 3.74. The van der Waals surface area contributed by atoms with Crippen LogP contribution in [0.4, 0.5) is 5.95 Å². The topological polar surface area (TPSA) is 42.7 Å². The molecule has 6 heteroatoms. The third kappa shape index (κ3) is 2.70. The second kappa shape index (κ2) is 5.73. The van der Waals surface area contributed by atoms with Gasteiger partial charge in [0.05, 0.1) is 0 Å². The monoisotopic (exact) mass is 234 g/mol. The zero-order chi connectivity index (χ0) is 5.98. The summed E-state index contributed by atoms with van der Waals surface area (Å²) in [5.41, 5.74) is 0. The number of aryl methyl sites for hydroxylation is 1. The van der Waals surface area contributed by atoms with Crippen LogP contribution in [0.1, 0.15) is 0 Å². The van der Waals surface area contributed by atoms with Crippen molar-refractivity contribution in [1.82, 2.24) is 14.8 Å². The van der Waals surface area contributed by atoms with Gasteiger partial charge < -0.3 is 9.88 Å². The fourth-order valence-corrected chi connectivity index (χ4v) is 0.510. The van der Waals surface area contributed by atoms with Gasteiger partial charge in [-0.1, -0.05) is 0 Å². The van der Waals surface area contributed by atoms with E-state index in [1.54, 1.807) is 10.9 Å². The first-order chi connectivity index (χ1) is 3.84. The summed E-state index contributed by atoms with van der Waals surface area (Å²) in [6.45, 7) is 0. The van der Waals surface area contributed by atoms with Crippen LogP contribution in [-0.4, -0.2) is 21.8 Å². The molecule has 0 unspecified atom stereocenters. The van der Waals surface area contributed by atoms with Crippen molar-refractivity contribution in [2.45, 2.75) is 0 Å². The molecule has 0 aliphatic carbocycles. The van der Waals surface area contributed by atoms with Crippen LogP contribution in [0.25, 0.3) is 0 Å². The van der Waals surface area contributed by atoms with Gasteiger partial charge in [0.25, 0.3) is 0 Å². The Labute approximate surface area is 80.5 Å². The largest absolute Gasteiger partial charge is 2.00 e. The van der Waals surface area contributed by atoms with Gasteiger partial charge in [0.2, 0.25) is 5.95 Å². The summed E-state index contributed by atoms with van der Waals surface area (Å²) < 4.78 is 1.81. The van der Waals surface area contributed by atoms with Crippen molar-refractivity contribution >= 4 is 5.95 Å². The fourth-order valence-electron chi connectivity index (χ4n) is 0.510. The van der Waals surface area contributed by atoms with Gasteiger partial charge in [-0.2, -0.15) is 0 Å². The molecule has 1 N–H and O–H groups in total. The molecule has 0 amide bonds. The van der Waals surface area contributed by atoms with Gasteiger partial charge >= 0.3 is 33.8 Å². The molecule has 0 saturated heterocycles. The molecule has 0 fully saturated rings. The van der Waals surface area contributed by atoms with Gasteiger partial charge in [-0.15, -0.1) is 10.2 Å². The van der Waals surface area contributed by atoms with Crippen LogP contribution in [0, 0.1) is 0 Å². The smallest absolute Gasteiger partial charge is 0.357 e. The quantitative estimate of drug-likeness (QED) is 0.688. The second-order valence-electron chi connectivity index (χ2n) is 1.52. The first-order valence-electron chi connectivity index (χ1n) is 2.36. The van der Waals surface area contributed by atoms with Crippen molar-refractivity contribution in [2.75, 3.05) is 12.4 Å². The Morgan fingerprint density at radius 3 is 2.40 bits per heavy atom. The maximum Gasteiger partial charge on any atom is 2.00 e. The van der Waals surface area contributed by atoms with Crippen molar-refractivity contribution in [1.29, 1.82) is 0 Å². The van der Waals surface area contributed by atoms with E-state index in [1.165, 1.54) is 0 Å². The van der Waals surface area contributed by atoms with Crippen LogP contribution >= 0.6 is 0 Å². The number of aromatic nitrogens is 3. The molecule has 10 heavy (non-hydrogen) atoms. The average molecular weight is 235 g/mol. The summed E-state index contributed by atoms with van der Waals surface area (Å²) in [4.78, 5) is 0. The Morgan fingerprint density at radius 1 is 1.60 bits per heavy atom. The number of hydrogen-bond donors (Lipinski definition) is 1. The predicted molar refractivity (Wildman–Crippen MR) is 30.5 cm³/mol. The van der Waals surface area contributed by atoms with Crippen molar-refractivity contribution in [2.24, 2.45) is 7.05 Å². The molecule has 1 aromatic heterocycles. The Bertz CT molecular complexity index is 178. The second-order valence-corrected chi connectivity index (χ2v) is 1.52. The number of anilines is 1. The molecule has 1 heterocycles. The van der Waals surface area contributed by atoms with Crippen LogP contribution in [0.15, 0.2) is 6.33 Å². The van der Waals surface area contributed by atoms with Gasteiger partial charge in [-0.05, 0) is 0 Å². The summed E-state index contributed by atoms with van der Waals surface area (Å²) in [6.07, 6.45) is 1.64. The summed E-state index contributed by atoms with van der Waals surface area (Å²) in [7, 11) is 3.69. The molecule has 0 aliphatic heterocycles. The predicted octanol–water partition coefficient (Wildman–Crippen LogP) is -0.148. The van der Waals surface area contributed by atoms with Crippen LogP contribution in [0.3, 0.4) is 0 Å². The summed E-state index contributed by atoms with van der Waals surface area (Å²) in [6, 6.07) is 0. The van der Waals surface area contributed by atoms with Crippen LogP contribution < -0.4 is 5.32 Å². The van der Waals surface area contributed by atoms with E-state index in [9.17, 15) is 0 Å². The van der Waals surface area contributed by atoms with Gasteiger partial charge in [-0.3, -0.25) is 0 Å². The summed E-state index contributed by atoms with van der Waals surface area (Å²) in [5.74, 6) is 0.782. The Hall–Kier alpha value is -0.0340. The standard InChI is InChI=1S/C4H8N4.Co.Cu/c1-5-4-7-6-3-8(4)2;;/h3H,1-2H3,(H,5,7);;/q;2*+2. The molecule has 60 valence electrons. The SMILES string of the molecule is CNc1nncn1C.[Co+2].[Cu+2]. The van der Waals surface area contributed by atoms with Crippen LogP contribution in [-0.2, 0) is 40.9 Å². The molecule has 0 aliphatic rings. The van der Waals surface area contributed by atoms with Gasteiger partial charge in [0.15, 0.2) is 0 Å². The maximum absolute atomic E-state index is 3.74. The minimum Gasteiger partial charge on any atom is -0.357 e. The van der Waals surface area contributed by atoms with Crippen molar-refractivity contribution < 1.29 is 33.8 Å². The Morgan fingerprint density at radius 2 is 2.20 bits per heavy atom. The van der Waals surface area contributed by atoms with E-state index in [0.29, 0.717) is 0 Å². The van der Waals surface area contributed by atoms with Gasteiger partial charge in [0.1, 0.15) is 6.33 Å². The molecule has 0 aromatic carbocycles. The van der Waals surface area contributed by atoms with E-state index < -0.39 is 0 Å². The van der Waals surface area contributed by atoms with E-state index in [1.807, 2.05) is 14.1 Å². The number of hydrogen-bond acceptors (Lipinski definition) is 3. The number of nitrogens with one attached hydrogen (secondary N) is 1. The van der Waals surface area contributed by atoms with E-state index in [2.05, 4.69) is 15.5 Å². The first kappa shape index (κ1) is 12.6. The molecule has 4 nitrogen and oxygen atoms in total. The minimum atomic E-state index is 0. The zero-order valence-corrected chi connectivity index (χ0v) is 7.54. The van der Waals surface area contributed by atoms with E-state index in [4.69, 9.17) is 0 Å². The normalized spacial score (nSPS) is 7.40. The molecule has 1 rings (SSSR count). The third-order valence-corrected chi connectivity index (χ3v) is 0.935. The molecule has 0 spiro atoms. The first-order valence-corrected chi connectivity index (χ1v) is 2.36. The van der Waals surface area contributed by atoms with Crippen LogP contribution in [0.5, 0.6) is 0 Å². The zero-order valence-electron chi connectivity index (χ0n) is 5.55. The number of rotatable bonds is 1. The summed E-state index contributed by atoms with van der Waals surface area (Å²) >= 11 is 0. The molecular formula is C4H8CoCuN4+4. The van der Waals surface area contributed by atoms with Crippen LogP contribution in [0.2, 0.25) is 0 Å². The fraction of sp³-hybridized carbons (Fsp3) is 0.500. The minimum absolute atomic E-state index is 0. The Kier molecular flexibility index (Phi) is 7.23. The van der Waals surface area contributed by atoms with E-state index in [-0.39, 0.29) is 33.8 Å². The average Bonchev–Trinajstić information content (AvgIpc) is 2.14. The van der Waals surface area contributed by atoms with Crippen molar-refractivity contribution in [3.05, 3.63) is 6.33 Å².